The summed E-state index contributed by atoms with van der Waals surface area (Å²) in [5, 5.41) is 10.4. The fourth-order valence-corrected chi connectivity index (χ4v) is 3.91. The van der Waals surface area contributed by atoms with E-state index in [1.54, 1.807) is 11.8 Å². The molecule has 1 aromatic heterocycles. The van der Waals surface area contributed by atoms with Crippen molar-refractivity contribution in [1.82, 2.24) is 9.97 Å². The van der Waals surface area contributed by atoms with Gasteiger partial charge in [0.15, 0.2) is 0 Å². The number of hydrogen-bond acceptors (Lipinski definition) is 4. The number of aromatic nitrogens is 2. The van der Waals surface area contributed by atoms with E-state index in [-0.39, 0.29) is 22.3 Å². The summed E-state index contributed by atoms with van der Waals surface area (Å²) in [6.07, 6.45) is 3.34. The van der Waals surface area contributed by atoms with Gasteiger partial charge >= 0.3 is 0 Å². The zero-order valence-electron chi connectivity index (χ0n) is 11.9. The van der Waals surface area contributed by atoms with E-state index in [0.717, 1.165) is 24.2 Å². The molecule has 0 saturated carbocycles. The molecule has 1 aliphatic heterocycles. The lowest BCUT2D eigenvalue weighted by atomic mass is 10.1. The Morgan fingerprint density at radius 2 is 2.24 bits per heavy atom. The molecule has 0 aliphatic carbocycles. The van der Waals surface area contributed by atoms with Gasteiger partial charge in [-0.15, -0.1) is 0 Å². The Labute approximate surface area is 127 Å². The standard InChI is InChI=1S/C16H18N2O2S/c1-10-5-4-6-11(9-10)13-15(19)17-14(18-16(13)20)12-7-2-3-8-21-12/h4-6,9,12H,2-3,7-8H2,1H3,(H2,17,18,19,20). The Bertz CT molecular complexity index is 706. The average Bonchev–Trinajstić information content (AvgIpc) is 2.47. The van der Waals surface area contributed by atoms with Crippen LogP contribution in [0.1, 0.15) is 35.9 Å². The van der Waals surface area contributed by atoms with Crippen LogP contribution < -0.4 is 5.56 Å². The summed E-state index contributed by atoms with van der Waals surface area (Å²) in [4.78, 5) is 19.5. The lowest BCUT2D eigenvalue weighted by Gasteiger charge is -2.20. The van der Waals surface area contributed by atoms with Gasteiger partial charge in [0.1, 0.15) is 11.4 Å². The minimum absolute atomic E-state index is 0.175. The molecule has 2 aromatic rings. The third kappa shape index (κ3) is 2.97. The maximum atomic E-state index is 12.4. The van der Waals surface area contributed by atoms with Gasteiger partial charge in [-0.1, -0.05) is 36.2 Å². The molecule has 1 unspecified atom stereocenters. The number of aromatic amines is 1. The van der Waals surface area contributed by atoms with Crippen LogP contribution in [-0.4, -0.2) is 20.8 Å². The van der Waals surface area contributed by atoms with Crippen molar-refractivity contribution in [2.45, 2.75) is 31.4 Å². The molecule has 2 heterocycles. The van der Waals surface area contributed by atoms with Crippen LogP contribution in [0.3, 0.4) is 0 Å². The van der Waals surface area contributed by atoms with E-state index in [1.165, 1.54) is 6.42 Å². The third-order valence-corrected chi connectivity index (χ3v) is 5.10. The Morgan fingerprint density at radius 3 is 2.90 bits per heavy atom. The molecule has 21 heavy (non-hydrogen) atoms. The van der Waals surface area contributed by atoms with Crippen molar-refractivity contribution in [3.8, 4) is 17.0 Å². The van der Waals surface area contributed by atoms with Crippen molar-refractivity contribution in [2.75, 3.05) is 5.75 Å². The second-order valence-corrected chi connectivity index (χ2v) is 6.69. The van der Waals surface area contributed by atoms with Gasteiger partial charge in [0.2, 0.25) is 5.88 Å². The van der Waals surface area contributed by atoms with Crippen molar-refractivity contribution in [2.24, 2.45) is 0 Å². The number of thioether (sulfide) groups is 1. The number of aryl methyl sites for hydroxylation is 1. The minimum atomic E-state index is -0.269. The first kappa shape index (κ1) is 14.2. The Hall–Kier alpha value is -1.75. The van der Waals surface area contributed by atoms with Gasteiger partial charge in [-0.3, -0.25) is 4.79 Å². The molecule has 1 aromatic carbocycles. The summed E-state index contributed by atoms with van der Waals surface area (Å²) in [7, 11) is 0. The topological polar surface area (TPSA) is 66.0 Å². The van der Waals surface area contributed by atoms with E-state index in [9.17, 15) is 9.90 Å². The molecule has 4 nitrogen and oxygen atoms in total. The van der Waals surface area contributed by atoms with Crippen LogP contribution in [0.4, 0.5) is 0 Å². The SMILES string of the molecule is Cc1cccc(-c2c(O)nc(C3CCCCS3)[nH]c2=O)c1. The minimum Gasteiger partial charge on any atom is -0.493 e. The normalized spacial score (nSPS) is 18.6. The fourth-order valence-electron chi connectivity index (χ4n) is 2.65. The van der Waals surface area contributed by atoms with Crippen LogP contribution in [-0.2, 0) is 0 Å². The Kier molecular flexibility index (Phi) is 4.01. The molecule has 5 heteroatoms. The number of nitrogens with zero attached hydrogens (tertiary/aromatic N) is 1. The molecule has 110 valence electrons. The van der Waals surface area contributed by atoms with Crippen LogP contribution in [0.15, 0.2) is 29.1 Å². The fraction of sp³-hybridized carbons (Fsp3) is 0.375. The maximum absolute atomic E-state index is 12.4. The number of nitrogens with one attached hydrogen (secondary N) is 1. The number of hydrogen-bond donors (Lipinski definition) is 2. The van der Waals surface area contributed by atoms with E-state index in [1.807, 2.05) is 31.2 Å². The summed E-state index contributed by atoms with van der Waals surface area (Å²) in [5.41, 5.74) is 1.72. The number of benzene rings is 1. The molecule has 0 spiro atoms. The zero-order valence-corrected chi connectivity index (χ0v) is 12.7. The van der Waals surface area contributed by atoms with Crippen LogP contribution >= 0.6 is 11.8 Å². The van der Waals surface area contributed by atoms with Gasteiger partial charge in [-0.05, 0) is 31.1 Å². The highest BCUT2D eigenvalue weighted by Gasteiger charge is 2.21. The molecule has 3 rings (SSSR count). The van der Waals surface area contributed by atoms with Crippen molar-refractivity contribution in [3.05, 3.63) is 46.0 Å². The van der Waals surface area contributed by atoms with Gasteiger partial charge in [-0.25, -0.2) is 0 Å². The first-order chi connectivity index (χ1) is 10.1. The second kappa shape index (κ2) is 5.93. The number of rotatable bonds is 2. The van der Waals surface area contributed by atoms with Crippen molar-refractivity contribution in [1.29, 1.82) is 0 Å². The highest BCUT2D eigenvalue weighted by molar-refractivity contribution is 7.99. The molecule has 1 saturated heterocycles. The number of H-pyrrole nitrogens is 1. The van der Waals surface area contributed by atoms with Crippen LogP contribution in [0.25, 0.3) is 11.1 Å². The summed E-state index contributed by atoms with van der Waals surface area (Å²) >= 11 is 1.79. The predicted molar refractivity (Wildman–Crippen MR) is 85.7 cm³/mol. The van der Waals surface area contributed by atoms with Crippen molar-refractivity contribution in [3.63, 3.8) is 0 Å². The Balaban J connectivity index is 2.02. The second-order valence-electron chi connectivity index (χ2n) is 5.37. The van der Waals surface area contributed by atoms with Crippen molar-refractivity contribution < 1.29 is 5.11 Å². The molecular formula is C16H18N2O2S. The highest BCUT2D eigenvalue weighted by Crippen LogP contribution is 2.37. The van der Waals surface area contributed by atoms with Crippen molar-refractivity contribution >= 4 is 11.8 Å². The van der Waals surface area contributed by atoms with Gasteiger partial charge in [-0.2, -0.15) is 16.7 Å². The predicted octanol–water partition coefficient (Wildman–Crippen LogP) is 3.41. The van der Waals surface area contributed by atoms with E-state index in [0.29, 0.717) is 11.4 Å². The summed E-state index contributed by atoms with van der Waals surface area (Å²) < 4.78 is 0. The molecule has 0 radical (unpaired) electrons. The monoisotopic (exact) mass is 302 g/mol. The molecular weight excluding hydrogens is 284 g/mol. The van der Waals surface area contributed by atoms with Crippen LogP contribution in [0.2, 0.25) is 0 Å². The zero-order chi connectivity index (χ0) is 14.8. The first-order valence-electron chi connectivity index (χ1n) is 7.17. The quantitative estimate of drug-likeness (QED) is 0.892. The molecule has 1 fully saturated rings. The van der Waals surface area contributed by atoms with E-state index < -0.39 is 0 Å². The summed E-state index contributed by atoms with van der Waals surface area (Å²) in [5.74, 6) is 1.50. The van der Waals surface area contributed by atoms with Crippen LogP contribution in [0, 0.1) is 6.92 Å². The Morgan fingerprint density at radius 1 is 1.38 bits per heavy atom. The third-order valence-electron chi connectivity index (χ3n) is 3.71. The largest absolute Gasteiger partial charge is 0.493 e. The molecule has 0 amide bonds. The summed E-state index contributed by atoms with van der Waals surface area (Å²) in [6.45, 7) is 1.95. The molecule has 1 aliphatic rings. The maximum Gasteiger partial charge on any atom is 0.262 e. The van der Waals surface area contributed by atoms with Gasteiger partial charge in [0, 0.05) is 0 Å². The smallest absolute Gasteiger partial charge is 0.262 e. The average molecular weight is 302 g/mol. The molecule has 1 atom stereocenters. The van der Waals surface area contributed by atoms with Gasteiger partial charge in [0.25, 0.3) is 5.56 Å². The lowest BCUT2D eigenvalue weighted by molar-refractivity contribution is 0.448. The van der Waals surface area contributed by atoms with E-state index >= 15 is 0 Å². The van der Waals surface area contributed by atoms with Gasteiger partial charge < -0.3 is 10.1 Å². The molecule has 0 bridgehead atoms. The number of aromatic hydroxyl groups is 1. The van der Waals surface area contributed by atoms with Gasteiger partial charge in [0.05, 0.1) is 5.25 Å². The van der Waals surface area contributed by atoms with E-state index in [2.05, 4.69) is 9.97 Å². The lowest BCUT2D eigenvalue weighted by Crippen LogP contribution is -2.17. The summed E-state index contributed by atoms with van der Waals surface area (Å²) in [6, 6.07) is 7.51. The van der Waals surface area contributed by atoms with Crippen LogP contribution in [0.5, 0.6) is 5.88 Å². The first-order valence-corrected chi connectivity index (χ1v) is 8.22. The van der Waals surface area contributed by atoms with E-state index in [4.69, 9.17) is 0 Å². The highest BCUT2D eigenvalue weighted by atomic mass is 32.2. The molecule has 2 N–H and O–H groups in total.